The largest absolute Gasteiger partial charge is 0.508 e. The molecule has 0 saturated carbocycles. The van der Waals surface area contributed by atoms with Crippen LogP contribution >= 0.6 is 0 Å². The van der Waals surface area contributed by atoms with Crippen LogP contribution in [0, 0.1) is 0 Å². The van der Waals surface area contributed by atoms with Crippen molar-refractivity contribution >= 4 is 10.8 Å². The second-order valence-corrected chi connectivity index (χ2v) is 6.18. The van der Waals surface area contributed by atoms with Crippen molar-refractivity contribution in [3.8, 4) is 22.6 Å². The van der Waals surface area contributed by atoms with E-state index in [9.17, 15) is 5.11 Å². The fourth-order valence-corrected chi connectivity index (χ4v) is 3.09. The molecule has 0 radical (unpaired) electrons. The van der Waals surface area contributed by atoms with E-state index in [2.05, 4.69) is 24.3 Å². The summed E-state index contributed by atoms with van der Waals surface area (Å²) in [6.07, 6.45) is 3.13. The maximum atomic E-state index is 9.56. The number of phenolic OH excluding ortho intramolecular Hbond substituents is 1. The van der Waals surface area contributed by atoms with Crippen LogP contribution in [-0.2, 0) is 4.74 Å². The van der Waals surface area contributed by atoms with Crippen LogP contribution in [0.4, 0.5) is 0 Å². The number of hydrogen-bond acceptors (Lipinski definition) is 3. The summed E-state index contributed by atoms with van der Waals surface area (Å²) in [6.45, 7) is 0.787. The molecule has 24 heavy (non-hydrogen) atoms. The van der Waals surface area contributed by atoms with E-state index in [4.69, 9.17) is 9.47 Å². The molecular weight excluding hydrogens is 300 g/mol. The third kappa shape index (κ3) is 3.22. The van der Waals surface area contributed by atoms with Gasteiger partial charge in [0.1, 0.15) is 11.5 Å². The van der Waals surface area contributed by atoms with Gasteiger partial charge in [0.15, 0.2) is 6.29 Å². The number of aromatic hydroxyl groups is 1. The Bertz CT molecular complexity index is 833. The summed E-state index contributed by atoms with van der Waals surface area (Å²) in [5.74, 6) is 1.14. The van der Waals surface area contributed by atoms with Crippen LogP contribution in [-0.4, -0.2) is 18.0 Å². The molecule has 3 aromatic carbocycles. The first-order chi connectivity index (χ1) is 11.8. The van der Waals surface area contributed by atoms with Crippen molar-refractivity contribution in [3.05, 3.63) is 60.7 Å². The Hall–Kier alpha value is -2.52. The van der Waals surface area contributed by atoms with E-state index in [-0.39, 0.29) is 6.29 Å². The van der Waals surface area contributed by atoms with E-state index in [1.807, 2.05) is 24.3 Å². The molecule has 122 valence electrons. The lowest BCUT2D eigenvalue weighted by atomic mass is 10.0. The van der Waals surface area contributed by atoms with Gasteiger partial charge in [0.2, 0.25) is 0 Å². The quantitative estimate of drug-likeness (QED) is 0.728. The van der Waals surface area contributed by atoms with E-state index in [0.717, 1.165) is 53.5 Å². The van der Waals surface area contributed by atoms with Gasteiger partial charge < -0.3 is 14.6 Å². The molecule has 1 N–H and O–H groups in total. The molecule has 4 rings (SSSR count). The fraction of sp³-hybridized carbons (Fsp3) is 0.238. The zero-order valence-corrected chi connectivity index (χ0v) is 13.4. The highest BCUT2D eigenvalue weighted by molar-refractivity contribution is 5.88. The van der Waals surface area contributed by atoms with Crippen LogP contribution in [0.1, 0.15) is 19.3 Å². The molecule has 1 saturated heterocycles. The van der Waals surface area contributed by atoms with E-state index >= 15 is 0 Å². The first kappa shape index (κ1) is 15.0. The molecule has 1 aliphatic rings. The van der Waals surface area contributed by atoms with Gasteiger partial charge in [-0.05, 0) is 65.1 Å². The highest BCUT2D eigenvalue weighted by atomic mass is 16.7. The molecule has 0 aromatic heterocycles. The van der Waals surface area contributed by atoms with Gasteiger partial charge in [-0.25, -0.2) is 0 Å². The lowest BCUT2D eigenvalue weighted by molar-refractivity contribution is -0.105. The summed E-state index contributed by atoms with van der Waals surface area (Å²) < 4.78 is 11.5. The SMILES string of the molecule is Oc1ccc2cc(-c3ccc(OC4CCCCO4)cc3)ccc2c1. The van der Waals surface area contributed by atoms with Gasteiger partial charge in [-0.15, -0.1) is 0 Å². The third-order valence-corrected chi connectivity index (χ3v) is 4.42. The molecule has 3 aromatic rings. The number of ether oxygens (including phenoxy) is 2. The minimum atomic E-state index is -0.113. The molecule has 0 bridgehead atoms. The topological polar surface area (TPSA) is 38.7 Å². The van der Waals surface area contributed by atoms with Gasteiger partial charge in [0, 0.05) is 6.42 Å². The Morgan fingerprint density at radius 3 is 2.38 bits per heavy atom. The van der Waals surface area contributed by atoms with Crippen LogP contribution in [0.5, 0.6) is 11.5 Å². The fourth-order valence-electron chi connectivity index (χ4n) is 3.09. The maximum absolute atomic E-state index is 9.56. The Morgan fingerprint density at radius 1 is 0.833 bits per heavy atom. The maximum Gasteiger partial charge on any atom is 0.199 e. The highest BCUT2D eigenvalue weighted by Crippen LogP contribution is 2.28. The summed E-state index contributed by atoms with van der Waals surface area (Å²) >= 11 is 0. The first-order valence-electron chi connectivity index (χ1n) is 8.39. The lowest BCUT2D eigenvalue weighted by Crippen LogP contribution is -2.24. The van der Waals surface area contributed by atoms with Gasteiger partial charge in [0.05, 0.1) is 6.61 Å². The van der Waals surface area contributed by atoms with Crippen molar-refractivity contribution in [2.45, 2.75) is 25.6 Å². The summed E-state index contributed by atoms with van der Waals surface area (Å²) in [6, 6.07) is 19.8. The molecule has 1 heterocycles. The minimum absolute atomic E-state index is 0.113. The molecule has 1 fully saturated rings. The Kier molecular flexibility index (Phi) is 4.09. The molecule has 1 aliphatic heterocycles. The molecule has 0 spiro atoms. The second kappa shape index (κ2) is 6.54. The molecule has 3 heteroatoms. The monoisotopic (exact) mass is 320 g/mol. The average Bonchev–Trinajstić information content (AvgIpc) is 2.63. The van der Waals surface area contributed by atoms with Crippen molar-refractivity contribution in [1.82, 2.24) is 0 Å². The Morgan fingerprint density at radius 2 is 1.58 bits per heavy atom. The summed E-state index contributed by atoms with van der Waals surface area (Å²) in [5, 5.41) is 11.7. The molecule has 0 aliphatic carbocycles. The average molecular weight is 320 g/mol. The number of hydrogen-bond donors (Lipinski definition) is 1. The van der Waals surface area contributed by atoms with Crippen LogP contribution in [0.2, 0.25) is 0 Å². The standard InChI is InChI=1S/C21H20O3/c22-19-9-6-17-13-16(4-5-18(17)14-19)15-7-10-20(11-8-15)24-21-3-1-2-12-23-21/h4-11,13-14,21-22H,1-3,12H2. The molecule has 1 atom stereocenters. The van der Waals surface area contributed by atoms with Crippen molar-refractivity contribution < 1.29 is 14.6 Å². The third-order valence-electron chi connectivity index (χ3n) is 4.42. The van der Waals surface area contributed by atoms with Crippen LogP contribution in [0.15, 0.2) is 60.7 Å². The van der Waals surface area contributed by atoms with Crippen LogP contribution in [0.25, 0.3) is 21.9 Å². The van der Waals surface area contributed by atoms with Crippen molar-refractivity contribution in [2.75, 3.05) is 6.61 Å². The summed E-state index contributed by atoms with van der Waals surface area (Å²) in [5.41, 5.74) is 2.29. The normalized spacial score (nSPS) is 17.8. The zero-order chi connectivity index (χ0) is 16.4. The Balaban J connectivity index is 1.54. The van der Waals surface area contributed by atoms with Crippen LogP contribution in [0.3, 0.4) is 0 Å². The second-order valence-electron chi connectivity index (χ2n) is 6.18. The highest BCUT2D eigenvalue weighted by Gasteiger charge is 2.15. The van der Waals surface area contributed by atoms with Crippen LogP contribution < -0.4 is 4.74 Å². The minimum Gasteiger partial charge on any atom is -0.508 e. The predicted molar refractivity (Wildman–Crippen MR) is 95.3 cm³/mol. The van der Waals surface area contributed by atoms with Gasteiger partial charge in [-0.1, -0.05) is 30.3 Å². The smallest absolute Gasteiger partial charge is 0.199 e. The number of phenols is 1. The van der Waals surface area contributed by atoms with Crippen molar-refractivity contribution in [3.63, 3.8) is 0 Å². The molecule has 0 amide bonds. The van der Waals surface area contributed by atoms with Gasteiger partial charge in [-0.2, -0.15) is 0 Å². The Labute approximate surface area is 141 Å². The van der Waals surface area contributed by atoms with Crippen molar-refractivity contribution in [1.29, 1.82) is 0 Å². The van der Waals surface area contributed by atoms with E-state index in [0.29, 0.717) is 5.75 Å². The predicted octanol–water partition coefficient (Wildman–Crippen LogP) is 5.12. The molecule has 1 unspecified atom stereocenters. The summed E-state index contributed by atoms with van der Waals surface area (Å²) in [7, 11) is 0. The van der Waals surface area contributed by atoms with E-state index in [1.54, 1.807) is 12.1 Å². The first-order valence-corrected chi connectivity index (χ1v) is 8.39. The molecule has 3 nitrogen and oxygen atoms in total. The lowest BCUT2D eigenvalue weighted by Gasteiger charge is -2.23. The number of rotatable bonds is 3. The zero-order valence-electron chi connectivity index (χ0n) is 13.4. The summed E-state index contributed by atoms with van der Waals surface area (Å²) in [4.78, 5) is 0. The van der Waals surface area contributed by atoms with Crippen molar-refractivity contribution in [2.24, 2.45) is 0 Å². The number of fused-ring (bicyclic) bond motifs is 1. The van der Waals surface area contributed by atoms with Gasteiger partial charge in [0.25, 0.3) is 0 Å². The van der Waals surface area contributed by atoms with Gasteiger partial charge >= 0.3 is 0 Å². The van der Waals surface area contributed by atoms with E-state index < -0.39 is 0 Å². The van der Waals surface area contributed by atoms with E-state index in [1.165, 1.54) is 0 Å². The number of benzene rings is 3. The van der Waals surface area contributed by atoms with Gasteiger partial charge in [-0.3, -0.25) is 0 Å². The molecular formula is C21H20O3.